The van der Waals surface area contributed by atoms with Gasteiger partial charge in [-0.2, -0.15) is 4.98 Å². The Kier molecular flexibility index (Phi) is 5.08. The van der Waals surface area contributed by atoms with Gasteiger partial charge in [-0.15, -0.1) is 0 Å². The van der Waals surface area contributed by atoms with E-state index in [9.17, 15) is 14.3 Å². The first-order valence-corrected chi connectivity index (χ1v) is 8.77. The largest absolute Gasteiger partial charge is 0.395 e. The number of rotatable bonds is 4. The van der Waals surface area contributed by atoms with Gasteiger partial charge in [-0.05, 0) is 19.3 Å². The number of nitrogens with zero attached hydrogens (tertiary/aromatic N) is 5. The molecule has 0 aliphatic carbocycles. The smallest absolute Gasteiger partial charge is 0.227 e. The lowest BCUT2D eigenvalue weighted by Gasteiger charge is -2.48. The van der Waals surface area contributed by atoms with Gasteiger partial charge < -0.3 is 19.8 Å². The molecule has 2 aliphatic heterocycles. The minimum Gasteiger partial charge on any atom is -0.395 e. The first-order chi connectivity index (χ1) is 11.9. The van der Waals surface area contributed by atoms with Crippen molar-refractivity contribution in [3.63, 3.8) is 0 Å². The van der Waals surface area contributed by atoms with Crippen LogP contribution in [0.5, 0.6) is 0 Å². The summed E-state index contributed by atoms with van der Waals surface area (Å²) in [6, 6.07) is 0. The maximum Gasteiger partial charge on any atom is 0.227 e. The molecule has 1 aromatic heterocycles. The number of piperidine rings is 2. The van der Waals surface area contributed by atoms with E-state index in [1.807, 2.05) is 0 Å². The standard InChI is InChI=1S/C17H26FN5O2/c1-21(2)15-13(18)10-19-16(20-15)23-7-3-5-17(12-23)6-4-14(25)22(11-17)8-9-24/h10,24H,3-9,11-12H2,1-2H3/t17-/m0/s1. The molecule has 1 atom stereocenters. The van der Waals surface area contributed by atoms with Gasteiger partial charge in [-0.1, -0.05) is 0 Å². The summed E-state index contributed by atoms with van der Waals surface area (Å²) in [6.45, 7) is 2.61. The number of carbonyl (C=O) groups excluding carboxylic acids is 1. The number of amides is 1. The number of likely N-dealkylation sites (tertiary alicyclic amines) is 1. The molecule has 1 aromatic rings. The highest BCUT2D eigenvalue weighted by Gasteiger charge is 2.42. The molecule has 3 heterocycles. The van der Waals surface area contributed by atoms with E-state index in [4.69, 9.17) is 0 Å². The molecule has 25 heavy (non-hydrogen) atoms. The van der Waals surface area contributed by atoms with Crippen molar-refractivity contribution < 1.29 is 14.3 Å². The molecule has 2 saturated heterocycles. The Morgan fingerprint density at radius 2 is 2.16 bits per heavy atom. The number of aliphatic hydroxyl groups is 1. The highest BCUT2D eigenvalue weighted by atomic mass is 19.1. The Balaban J connectivity index is 1.79. The summed E-state index contributed by atoms with van der Waals surface area (Å²) >= 11 is 0. The minimum atomic E-state index is -0.433. The molecular formula is C17H26FN5O2. The fraction of sp³-hybridized carbons (Fsp3) is 0.706. The van der Waals surface area contributed by atoms with Crippen LogP contribution in [-0.4, -0.2) is 72.8 Å². The van der Waals surface area contributed by atoms with Crippen molar-refractivity contribution in [2.75, 3.05) is 56.7 Å². The lowest BCUT2D eigenvalue weighted by molar-refractivity contribution is -0.138. The Morgan fingerprint density at radius 3 is 2.88 bits per heavy atom. The number of halogens is 1. The molecule has 0 aromatic carbocycles. The number of β-amino-alcohol motifs (C(OH)–C–C–N with tert-alkyl or cyclic N) is 1. The summed E-state index contributed by atoms with van der Waals surface area (Å²) < 4.78 is 13.9. The molecule has 0 bridgehead atoms. The van der Waals surface area contributed by atoms with Crippen LogP contribution in [0.2, 0.25) is 0 Å². The second-order valence-electron chi connectivity index (χ2n) is 7.30. The van der Waals surface area contributed by atoms with Crippen LogP contribution in [0.1, 0.15) is 25.7 Å². The van der Waals surface area contributed by atoms with Gasteiger partial charge >= 0.3 is 0 Å². The van der Waals surface area contributed by atoms with Crippen LogP contribution < -0.4 is 9.80 Å². The van der Waals surface area contributed by atoms with E-state index in [2.05, 4.69) is 14.9 Å². The summed E-state index contributed by atoms with van der Waals surface area (Å²) in [5.41, 5.74) is -0.00262. The summed E-state index contributed by atoms with van der Waals surface area (Å²) in [5.74, 6) is 0.503. The third-order valence-electron chi connectivity index (χ3n) is 5.20. The Hall–Kier alpha value is -1.96. The number of aromatic nitrogens is 2. The summed E-state index contributed by atoms with van der Waals surface area (Å²) in [5, 5.41) is 9.20. The second-order valence-corrected chi connectivity index (χ2v) is 7.30. The van der Waals surface area contributed by atoms with E-state index in [0.29, 0.717) is 25.5 Å². The average molecular weight is 351 g/mol. The maximum absolute atomic E-state index is 13.9. The fourth-order valence-corrected chi connectivity index (χ4v) is 3.95. The molecule has 0 unspecified atom stereocenters. The number of hydrogen-bond donors (Lipinski definition) is 1. The van der Waals surface area contributed by atoms with Crippen LogP contribution in [0.25, 0.3) is 0 Å². The molecule has 1 amide bonds. The molecule has 1 spiro atoms. The van der Waals surface area contributed by atoms with Crippen molar-refractivity contribution in [1.82, 2.24) is 14.9 Å². The van der Waals surface area contributed by atoms with Crippen molar-refractivity contribution in [3.8, 4) is 0 Å². The predicted molar refractivity (Wildman–Crippen MR) is 93.1 cm³/mol. The van der Waals surface area contributed by atoms with Crippen LogP contribution in [0.3, 0.4) is 0 Å². The van der Waals surface area contributed by atoms with Crippen molar-refractivity contribution in [2.45, 2.75) is 25.7 Å². The van der Waals surface area contributed by atoms with E-state index in [1.54, 1.807) is 23.9 Å². The summed E-state index contributed by atoms with van der Waals surface area (Å²) in [4.78, 5) is 26.1. The number of carbonyl (C=O) groups is 1. The first kappa shape index (κ1) is 17.8. The quantitative estimate of drug-likeness (QED) is 0.868. The molecule has 138 valence electrons. The van der Waals surface area contributed by atoms with Crippen molar-refractivity contribution in [2.24, 2.45) is 5.41 Å². The maximum atomic E-state index is 13.9. The van der Waals surface area contributed by atoms with E-state index in [-0.39, 0.29) is 23.7 Å². The van der Waals surface area contributed by atoms with Gasteiger partial charge in [0, 0.05) is 52.1 Å². The third-order valence-corrected chi connectivity index (χ3v) is 5.20. The molecule has 0 radical (unpaired) electrons. The Bertz CT molecular complexity index is 641. The highest BCUT2D eigenvalue weighted by Crippen LogP contribution is 2.39. The molecule has 2 aliphatic rings. The molecule has 2 fully saturated rings. The van der Waals surface area contributed by atoms with Crippen molar-refractivity contribution >= 4 is 17.7 Å². The molecular weight excluding hydrogens is 325 g/mol. The third kappa shape index (κ3) is 3.68. The zero-order chi connectivity index (χ0) is 18.0. The lowest BCUT2D eigenvalue weighted by atomic mass is 9.73. The lowest BCUT2D eigenvalue weighted by Crippen LogP contribution is -2.54. The zero-order valence-corrected chi connectivity index (χ0v) is 14.9. The molecule has 8 heteroatoms. The highest BCUT2D eigenvalue weighted by molar-refractivity contribution is 5.77. The first-order valence-electron chi connectivity index (χ1n) is 8.77. The van der Waals surface area contributed by atoms with Gasteiger partial charge in [0.15, 0.2) is 11.6 Å². The topological polar surface area (TPSA) is 72.8 Å². The van der Waals surface area contributed by atoms with Crippen LogP contribution >= 0.6 is 0 Å². The summed E-state index contributed by atoms with van der Waals surface area (Å²) in [7, 11) is 3.51. The predicted octanol–water partition coefficient (Wildman–Crippen LogP) is 0.883. The SMILES string of the molecule is CN(C)c1nc(N2CCC[C@@]3(CCC(=O)N(CCO)C3)C2)ncc1F. The van der Waals surface area contributed by atoms with Gasteiger partial charge in [0.1, 0.15) is 0 Å². The van der Waals surface area contributed by atoms with Crippen LogP contribution in [-0.2, 0) is 4.79 Å². The van der Waals surface area contributed by atoms with Gasteiger partial charge in [0.2, 0.25) is 11.9 Å². The number of aliphatic hydroxyl groups excluding tert-OH is 1. The molecule has 7 nitrogen and oxygen atoms in total. The van der Waals surface area contributed by atoms with E-state index < -0.39 is 5.82 Å². The molecule has 1 N–H and O–H groups in total. The fourth-order valence-electron chi connectivity index (χ4n) is 3.95. The number of hydrogen-bond acceptors (Lipinski definition) is 6. The number of anilines is 2. The molecule has 3 rings (SSSR count). The zero-order valence-electron chi connectivity index (χ0n) is 14.9. The average Bonchev–Trinajstić information content (AvgIpc) is 2.59. The van der Waals surface area contributed by atoms with E-state index in [1.165, 1.54) is 6.20 Å². The van der Waals surface area contributed by atoms with Crippen molar-refractivity contribution in [3.05, 3.63) is 12.0 Å². The summed E-state index contributed by atoms with van der Waals surface area (Å²) in [6.07, 6.45) is 4.61. The Morgan fingerprint density at radius 1 is 1.36 bits per heavy atom. The van der Waals surface area contributed by atoms with Gasteiger partial charge in [-0.25, -0.2) is 9.37 Å². The normalized spacial score (nSPS) is 24.1. The monoisotopic (exact) mass is 351 g/mol. The Labute approximate surface area is 147 Å². The van der Waals surface area contributed by atoms with Gasteiger partial charge in [-0.3, -0.25) is 4.79 Å². The van der Waals surface area contributed by atoms with Gasteiger partial charge in [0.05, 0.1) is 12.8 Å². The van der Waals surface area contributed by atoms with Crippen LogP contribution in [0, 0.1) is 11.2 Å². The van der Waals surface area contributed by atoms with E-state index in [0.717, 1.165) is 32.4 Å². The van der Waals surface area contributed by atoms with Crippen LogP contribution in [0.15, 0.2) is 6.20 Å². The van der Waals surface area contributed by atoms with Crippen molar-refractivity contribution in [1.29, 1.82) is 0 Å². The minimum absolute atomic E-state index is 0.00262. The molecule has 0 saturated carbocycles. The van der Waals surface area contributed by atoms with Gasteiger partial charge in [0.25, 0.3) is 0 Å². The second kappa shape index (κ2) is 7.11. The van der Waals surface area contributed by atoms with E-state index >= 15 is 0 Å². The van der Waals surface area contributed by atoms with Crippen LogP contribution in [0.4, 0.5) is 16.2 Å².